The van der Waals surface area contributed by atoms with Crippen LogP contribution in [0.5, 0.6) is 0 Å². The van der Waals surface area contributed by atoms with Crippen LogP contribution in [0, 0.1) is 5.92 Å². The SMILES string of the molecule is CC(C)c1ccc(-n2c(SCC(=O)N3CCC(C(=O)O)CC3)nc3ccccc3c2=O)cc1. The summed E-state index contributed by atoms with van der Waals surface area (Å²) in [6, 6.07) is 15.0. The number of benzene rings is 2. The molecule has 0 atom stereocenters. The van der Waals surface area contributed by atoms with Crippen molar-refractivity contribution in [2.75, 3.05) is 18.8 Å². The van der Waals surface area contributed by atoms with Crippen LogP contribution in [-0.2, 0) is 9.59 Å². The van der Waals surface area contributed by atoms with Gasteiger partial charge in [-0.15, -0.1) is 0 Å². The highest BCUT2D eigenvalue weighted by Gasteiger charge is 2.27. The van der Waals surface area contributed by atoms with Gasteiger partial charge in [-0.3, -0.25) is 19.0 Å². The molecule has 0 aliphatic carbocycles. The number of carbonyl (C=O) groups excluding carboxylic acids is 1. The highest BCUT2D eigenvalue weighted by Crippen LogP contribution is 2.24. The number of amides is 1. The average Bonchev–Trinajstić information content (AvgIpc) is 2.83. The zero-order valence-electron chi connectivity index (χ0n) is 18.7. The molecule has 3 aromatic rings. The number of hydrogen-bond acceptors (Lipinski definition) is 5. The number of likely N-dealkylation sites (tertiary alicyclic amines) is 1. The van der Waals surface area contributed by atoms with E-state index in [-0.39, 0.29) is 23.1 Å². The van der Waals surface area contributed by atoms with Gasteiger partial charge in [0.05, 0.1) is 28.3 Å². The average molecular weight is 466 g/mol. The molecule has 1 amide bonds. The van der Waals surface area contributed by atoms with Crippen molar-refractivity contribution < 1.29 is 14.7 Å². The molecule has 8 heteroatoms. The van der Waals surface area contributed by atoms with Crippen molar-refractivity contribution in [1.29, 1.82) is 0 Å². The Morgan fingerprint density at radius 2 is 1.76 bits per heavy atom. The van der Waals surface area contributed by atoms with Crippen molar-refractivity contribution in [2.24, 2.45) is 5.92 Å². The minimum Gasteiger partial charge on any atom is -0.481 e. The van der Waals surface area contributed by atoms with E-state index in [0.29, 0.717) is 53.6 Å². The van der Waals surface area contributed by atoms with Gasteiger partial charge in [0.25, 0.3) is 5.56 Å². The maximum absolute atomic E-state index is 13.4. The van der Waals surface area contributed by atoms with E-state index in [1.54, 1.807) is 21.6 Å². The Morgan fingerprint density at radius 3 is 2.39 bits per heavy atom. The van der Waals surface area contributed by atoms with Gasteiger partial charge in [-0.25, -0.2) is 4.98 Å². The molecule has 33 heavy (non-hydrogen) atoms. The first-order chi connectivity index (χ1) is 15.8. The van der Waals surface area contributed by atoms with Crippen molar-refractivity contribution in [2.45, 2.75) is 37.8 Å². The maximum atomic E-state index is 13.4. The van der Waals surface area contributed by atoms with Crippen LogP contribution >= 0.6 is 11.8 Å². The van der Waals surface area contributed by atoms with Gasteiger partial charge in [0, 0.05) is 13.1 Å². The van der Waals surface area contributed by atoms with Crippen molar-refractivity contribution >= 4 is 34.5 Å². The Kier molecular flexibility index (Phi) is 6.83. The lowest BCUT2D eigenvalue weighted by Crippen LogP contribution is -2.41. The number of aromatic nitrogens is 2. The Hall–Kier alpha value is -3.13. The number of nitrogens with zero attached hydrogens (tertiary/aromatic N) is 3. The molecule has 1 aliphatic heterocycles. The topological polar surface area (TPSA) is 92.5 Å². The second kappa shape index (κ2) is 9.79. The van der Waals surface area contributed by atoms with Crippen molar-refractivity contribution in [3.63, 3.8) is 0 Å². The van der Waals surface area contributed by atoms with Gasteiger partial charge in [0.1, 0.15) is 0 Å². The molecule has 7 nitrogen and oxygen atoms in total. The van der Waals surface area contributed by atoms with Gasteiger partial charge in [0.15, 0.2) is 5.16 Å². The van der Waals surface area contributed by atoms with E-state index in [0.717, 1.165) is 0 Å². The summed E-state index contributed by atoms with van der Waals surface area (Å²) in [6.07, 6.45) is 0.930. The monoisotopic (exact) mass is 465 g/mol. The van der Waals surface area contributed by atoms with Crippen LogP contribution in [0.15, 0.2) is 58.5 Å². The number of carboxylic acids is 1. The van der Waals surface area contributed by atoms with E-state index in [4.69, 9.17) is 10.1 Å². The Bertz CT molecular complexity index is 1230. The standard InChI is InChI=1S/C25H27N3O4S/c1-16(2)17-7-9-19(10-8-17)28-23(30)20-5-3-4-6-21(20)26-25(28)33-15-22(29)27-13-11-18(12-14-27)24(31)32/h3-10,16,18H,11-15H2,1-2H3,(H,31,32). The van der Waals surface area contributed by atoms with Crippen LogP contribution in [0.25, 0.3) is 16.6 Å². The van der Waals surface area contributed by atoms with Crippen LogP contribution in [0.2, 0.25) is 0 Å². The van der Waals surface area contributed by atoms with Gasteiger partial charge < -0.3 is 10.0 Å². The molecule has 0 unspecified atom stereocenters. The fourth-order valence-electron chi connectivity index (χ4n) is 4.04. The van der Waals surface area contributed by atoms with Crippen LogP contribution in [0.3, 0.4) is 0 Å². The Balaban J connectivity index is 1.61. The quantitative estimate of drug-likeness (QED) is 0.438. The van der Waals surface area contributed by atoms with Gasteiger partial charge >= 0.3 is 5.97 Å². The molecule has 0 spiro atoms. The zero-order valence-corrected chi connectivity index (χ0v) is 19.5. The zero-order chi connectivity index (χ0) is 23.5. The molecule has 2 aromatic carbocycles. The molecule has 0 radical (unpaired) electrons. The largest absolute Gasteiger partial charge is 0.481 e. The lowest BCUT2D eigenvalue weighted by Gasteiger charge is -2.30. The van der Waals surface area contributed by atoms with Gasteiger partial charge in [-0.05, 0) is 48.6 Å². The van der Waals surface area contributed by atoms with E-state index >= 15 is 0 Å². The highest BCUT2D eigenvalue weighted by molar-refractivity contribution is 7.99. The molecular weight excluding hydrogens is 438 g/mol. The molecule has 2 heterocycles. The molecular formula is C25H27N3O4S. The third kappa shape index (κ3) is 4.95. The van der Waals surface area contributed by atoms with E-state index in [1.807, 2.05) is 36.4 Å². The number of fused-ring (bicyclic) bond motifs is 1. The van der Waals surface area contributed by atoms with Crippen LogP contribution in [0.4, 0.5) is 0 Å². The lowest BCUT2D eigenvalue weighted by atomic mass is 9.97. The Morgan fingerprint density at radius 1 is 1.09 bits per heavy atom. The number of carbonyl (C=O) groups is 2. The molecule has 1 aromatic heterocycles. The van der Waals surface area contributed by atoms with E-state index in [9.17, 15) is 14.4 Å². The number of carboxylic acid groups (broad SMARTS) is 1. The highest BCUT2D eigenvalue weighted by atomic mass is 32.2. The smallest absolute Gasteiger partial charge is 0.306 e. The molecule has 0 saturated carbocycles. The fraction of sp³-hybridized carbons (Fsp3) is 0.360. The van der Waals surface area contributed by atoms with Crippen molar-refractivity contribution in [3.8, 4) is 5.69 Å². The summed E-state index contributed by atoms with van der Waals surface area (Å²) in [5, 5.41) is 10.2. The number of hydrogen-bond donors (Lipinski definition) is 1. The van der Waals surface area contributed by atoms with E-state index in [2.05, 4.69) is 13.8 Å². The molecule has 4 rings (SSSR count). The number of piperidine rings is 1. The summed E-state index contributed by atoms with van der Waals surface area (Å²) in [7, 11) is 0. The molecule has 1 fully saturated rings. The summed E-state index contributed by atoms with van der Waals surface area (Å²) in [5.74, 6) is -0.755. The second-order valence-electron chi connectivity index (χ2n) is 8.58. The summed E-state index contributed by atoms with van der Waals surface area (Å²) in [6.45, 7) is 5.10. The van der Waals surface area contributed by atoms with Gasteiger partial charge in [-0.2, -0.15) is 0 Å². The first-order valence-electron chi connectivity index (χ1n) is 11.1. The van der Waals surface area contributed by atoms with Crippen molar-refractivity contribution in [1.82, 2.24) is 14.5 Å². The van der Waals surface area contributed by atoms with E-state index < -0.39 is 5.97 Å². The lowest BCUT2D eigenvalue weighted by molar-refractivity contribution is -0.145. The number of thioether (sulfide) groups is 1. The summed E-state index contributed by atoms with van der Waals surface area (Å²) >= 11 is 1.23. The number of para-hydroxylation sites is 1. The maximum Gasteiger partial charge on any atom is 0.306 e. The van der Waals surface area contributed by atoms with Crippen LogP contribution in [0.1, 0.15) is 38.2 Å². The third-order valence-corrected chi connectivity index (χ3v) is 7.01. The summed E-state index contributed by atoms with van der Waals surface area (Å²) in [5.41, 5.74) is 2.31. The molecule has 1 saturated heterocycles. The van der Waals surface area contributed by atoms with E-state index in [1.165, 1.54) is 17.3 Å². The fourth-order valence-corrected chi connectivity index (χ4v) is 4.95. The van der Waals surface area contributed by atoms with Gasteiger partial charge in [0.2, 0.25) is 5.91 Å². The van der Waals surface area contributed by atoms with Gasteiger partial charge in [-0.1, -0.05) is 49.9 Å². The number of aliphatic carboxylic acids is 1. The molecule has 0 bridgehead atoms. The van der Waals surface area contributed by atoms with Crippen LogP contribution in [-0.4, -0.2) is 50.3 Å². The molecule has 172 valence electrons. The summed E-state index contributed by atoms with van der Waals surface area (Å²) in [4.78, 5) is 43.7. The molecule has 1 aliphatic rings. The predicted octanol–water partition coefficient (Wildman–Crippen LogP) is 3.92. The summed E-state index contributed by atoms with van der Waals surface area (Å²) < 4.78 is 1.57. The second-order valence-corrected chi connectivity index (χ2v) is 9.52. The molecule has 1 N–H and O–H groups in total. The Labute approximate surface area is 196 Å². The first-order valence-corrected chi connectivity index (χ1v) is 12.1. The minimum absolute atomic E-state index is 0.0760. The minimum atomic E-state index is -0.802. The predicted molar refractivity (Wildman–Crippen MR) is 129 cm³/mol. The van der Waals surface area contributed by atoms with Crippen LogP contribution < -0.4 is 5.56 Å². The number of rotatable bonds is 6. The third-order valence-electron chi connectivity index (χ3n) is 6.08. The first kappa shape index (κ1) is 23.0. The normalized spacial score (nSPS) is 14.7. The van der Waals surface area contributed by atoms with Crippen molar-refractivity contribution in [3.05, 3.63) is 64.4 Å².